The molecule has 1 aromatic heterocycles. The number of rotatable bonds is 7. The first-order valence-electron chi connectivity index (χ1n) is 14.7. The summed E-state index contributed by atoms with van der Waals surface area (Å²) in [4.78, 5) is 31.9. The van der Waals surface area contributed by atoms with Crippen molar-refractivity contribution in [3.8, 4) is 0 Å². The summed E-state index contributed by atoms with van der Waals surface area (Å²) in [6, 6.07) is 15.1. The number of Topliss-reactive ketones (excluding diaryl/α,β-unsaturated/α-hetero) is 2. The van der Waals surface area contributed by atoms with Gasteiger partial charge in [0.25, 0.3) is 0 Å². The Kier molecular flexibility index (Phi) is 7.12. The first kappa shape index (κ1) is 25.7. The molecule has 202 valence electrons. The van der Waals surface area contributed by atoms with Crippen molar-refractivity contribution in [2.45, 2.75) is 88.2 Å². The van der Waals surface area contributed by atoms with E-state index in [-0.39, 0.29) is 22.6 Å². The lowest BCUT2D eigenvalue weighted by atomic mass is 9.68. The predicted molar refractivity (Wildman–Crippen MR) is 148 cm³/mol. The third-order valence-corrected chi connectivity index (χ3v) is 10.0. The molecule has 0 bridgehead atoms. The Labute approximate surface area is 226 Å². The minimum Gasteiger partial charge on any atom is -0.375 e. The van der Waals surface area contributed by atoms with Gasteiger partial charge in [-0.15, -0.1) is 0 Å². The van der Waals surface area contributed by atoms with Crippen molar-refractivity contribution in [1.29, 1.82) is 0 Å². The molecule has 2 spiro atoms. The maximum absolute atomic E-state index is 12.4. The Morgan fingerprint density at radius 2 is 1.63 bits per heavy atom. The minimum atomic E-state index is -0.672. The van der Waals surface area contributed by atoms with Gasteiger partial charge >= 0.3 is 0 Å². The largest absolute Gasteiger partial charge is 0.375 e. The van der Waals surface area contributed by atoms with Crippen LogP contribution in [0.15, 0.2) is 48.7 Å². The zero-order chi connectivity index (χ0) is 26.1. The molecule has 2 aliphatic carbocycles. The normalized spacial score (nSPS) is 26.5. The van der Waals surface area contributed by atoms with Gasteiger partial charge in [-0.1, -0.05) is 31.0 Å². The highest BCUT2D eigenvalue weighted by Crippen LogP contribution is 2.49. The van der Waals surface area contributed by atoms with Crippen molar-refractivity contribution in [2.24, 2.45) is 5.41 Å². The third-order valence-electron chi connectivity index (χ3n) is 10.0. The number of ether oxygens (including phenoxy) is 1. The van der Waals surface area contributed by atoms with Crippen LogP contribution in [0.25, 0.3) is 0 Å². The van der Waals surface area contributed by atoms with E-state index < -0.39 is 5.41 Å². The van der Waals surface area contributed by atoms with Gasteiger partial charge in [-0.2, -0.15) is 0 Å². The van der Waals surface area contributed by atoms with Gasteiger partial charge in [-0.05, 0) is 81.3 Å². The highest BCUT2D eigenvalue weighted by Gasteiger charge is 2.51. The zero-order valence-electron chi connectivity index (χ0n) is 22.6. The number of pyridine rings is 1. The third kappa shape index (κ3) is 4.82. The van der Waals surface area contributed by atoms with Gasteiger partial charge < -0.3 is 15.0 Å². The number of anilines is 1. The van der Waals surface area contributed by atoms with Gasteiger partial charge in [-0.3, -0.25) is 14.6 Å². The number of carbonyl (C=O) groups is 2. The summed E-state index contributed by atoms with van der Waals surface area (Å²) in [5.74, 6) is 0.347. The lowest BCUT2D eigenvalue weighted by molar-refractivity contribution is -0.136. The Morgan fingerprint density at radius 3 is 2.32 bits per heavy atom. The lowest BCUT2D eigenvalue weighted by Crippen LogP contribution is -2.47. The molecule has 1 aromatic carbocycles. The van der Waals surface area contributed by atoms with Crippen molar-refractivity contribution in [1.82, 2.24) is 10.3 Å². The number of ketones is 2. The van der Waals surface area contributed by atoms with Gasteiger partial charge in [-0.25, -0.2) is 0 Å². The summed E-state index contributed by atoms with van der Waals surface area (Å²) in [5.41, 5.74) is 3.14. The van der Waals surface area contributed by atoms with Crippen molar-refractivity contribution in [3.63, 3.8) is 0 Å². The van der Waals surface area contributed by atoms with Crippen molar-refractivity contribution in [3.05, 3.63) is 59.9 Å². The molecule has 4 fully saturated rings. The Balaban J connectivity index is 1.04. The van der Waals surface area contributed by atoms with E-state index in [1.165, 1.54) is 42.6 Å². The molecule has 0 amide bonds. The molecule has 6 heteroatoms. The van der Waals surface area contributed by atoms with Crippen molar-refractivity contribution in [2.75, 3.05) is 31.1 Å². The van der Waals surface area contributed by atoms with E-state index in [2.05, 4.69) is 46.6 Å². The van der Waals surface area contributed by atoms with Crippen LogP contribution in [0.3, 0.4) is 0 Å². The number of piperidine rings is 1. The Hall–Kier alpha value is -2.57. The van der Waals surface area contributed by atoms with Crippen molar-refractivity contribution < 1.29 is 14.3 Å². The molecule has 6 rings (SSSR count). The van der Waals surface area contributed by atoms with Crippen LogP contribution in [0.1, 0.15) is 81.9 Å². The summed E-state index contributed by atoms with van der Waals surface area (Å²) in [7, 11) is 0. The van der Waals surface area contributed by atoms with E-state index >= 15 is 0 Å². The fraction of sp³-hybridized carbons (Fsp3) is 0.594. The average Bonchev–Trinajstić information content (AvgIpc) is 3.52. The predicted octanol–water partition coefficient (Wildman–Crippen LogP) is 5.14. The van der Waals surface area contributed by atoms with Crippen LogP contribution in [-0.4, -0.2) is 48.4 Å². The Bertz CT molecular complexity index is 1120. The van der Waals surface area contributed by atoms with Gasteiger partial charge in [0.15, 0.2) is 0 Å². The Morgan fingerprint density at radius 1 is 0.895 bits per heavy atom. The van der Waals surface area contributed by atoms with E-state index in [1.807, 2.05) is 12.3 Å². The summed E-state index contributed by atoms with van der Waals surface area (Å²) in [6.45, 7) is 4.17. The molecule has 4 aliphatic rings. The van der Waals surface area contributed by atoms with Crippen LogP contribution >= 0.6 is 0 Å². The first-order valence-corrected chi connectivity index (χ1v) is 14.7. The molecule has 2 saturated carbocycles. The standard InChI is InChI=1S/C32H41N3O3/c36-28-10-11-29(37)32(28)15-20-35(21-16-32)26-8-6-25(7-9-26)23-33-19-14-30(27-5-1-4-18-34-27)17-22-38-31(24-30)12-2-3-13-31/h1,4-9,18,33H,2-3,10-17,19-24H2. The molecule has 0 radical (unpaired) electrons. The first-order chi connectivity index (χ1) is 18.5. The number of hydrogen-bond acceptors (Lipinski definition) is 6. The van der Waals surface area contributed by atoms with Crippen LogP contribution in [0, 0.1) is 5.41 Å². The van der Waals surface area contributed by atoms with Crippen LogP contribution in [-0.2, 0) is 26.3 Å². The molecule has 2 aromatic rings. The quantitative estimate of drug-likeness (QED) is 0.407. The van der Waals surface area contributed by atoms with Gasteiger partial charge in [0.05, 0.1) is 11.0 Å². The fourth-order valence-corrected chi connectivity index (χ4v) is 7.75. The molecule has 38 heavy (non-hydrogen) atoms. The van der Waals surface area contributed by atoms with Gasteiger partial charge in [0.2, 0.25) is 0 Å². The molecule has 2 saturated heterocycles. The molecule has 1 atom stereocenters. The van der Waals surface area contributed by atoms with E-state index in [4.69, 9.17) is 9.72 Å². The molecule has 6 nitrogen and oxygen atoms in total. The lowest BCUT2D eigenvalue weighted by Gasteiger charge is -2.46. The van der Waals surface area contributed by atoms with Gasteiger partial charge in [0, 0.05) is 62.1 Å². The van der Waals surface area contributed by atoms with E-state index in [9.17, 15) is 9.59 Å². The molecule has 1 unspecified atom stereocenters. The molecular weight excluding hydrogens is 474 g/mol. The molecule has 2 aliphatic heterocycles. The number of nitrogens with zero attached hydrogens (tertiary/aromatic N) is 2. The van der Waals surface area contributed by atoms with Gasteiger partial charge in [0.1, 0.15) is 11.6 Å². The second-order valence-corrected chi connectivity index (χ2v) is 12.2. The smallest absolute Gasteiger partial charge is 0.146 e. The summed E-state index contributed by atoms with van der Waals surface area (Å²) in [6.07, 6.45) is 12.3. The number of hydrogen-bond donors (Lipinski definition) is 1. The van der Waals surface area contributed by atoms with E-state index in [1.54, 1.807) is 0 Å². The number of carbonyl (C=O) groups excluding carboxylic acids is 2. The summed E-state index contributed by atoms with van der Waals surface area (Å²) in [5, 5.41) is 3.71. The minimum absolute atomic E-state index is 0.0536. The SMILES string of the molecule is O=C1CCC(=O)C12CCN(c1ccc(CNCCC3(c4ccccn4)CCOC4(CCCC4)C3)cc1)CC2. The highest BCUT2D eigenvalue weighted by atomic mass is 16.5. The summed E-state index contributed by atoms with van der Waals surface area (Å²) < 4.78 is 6.39. The second-order valence-electron chi connectivity index (χ2n) is 12.2. The van der Waals surface area contributed by atoms with Crippen LogP contribution < -0.4 is 10.2 Å². The average molecular weight is 516 g/mol. The van der Waals surface area contributed by atoms with E-state index in [0.29, 0.717) is 25.7 Å². The van der Waals surface area contributed by atoms with Crippen LogP contribution in [0.4, 0.5) is 5.69 Å². The zero-order valence-corrected chi connectivity index (χ0v) is 22.6. The molecular formula is C32H41N3O3. The maximum atomic E-state index is 12.4. The second kappa shape index (κ2) is 10.5. The van der Waals surface area contributed by atoms with Crippen LogP contribution in [0.2, 0.25) is 0 Å². The van der Waals surface area contributed by atoms with E-state index in [0.717, 1.165) is 52.0 Å². The maximum Gasteiger partial charge on any atom is 0.146 e. The molecule has 1 N–H and O–H groups in total. The van der Waals surface area contributed by atoms with Crippen LogP contribution in [0.5, 0.6) is 0 Å². The van der Waals surface area contributed by atoms with Crippen molar-refractivity contribution >= 4 is 17.3 Å². The fourth-order valence-electron chi connectivity index (χ4n) is 7.75. The number of benzene rings is 1. The number of aromatic nitrogens is 1. The topological polar surface area (TPSA) is 71.5 Å². The highest BCUT2D eigenvalue weighted by molar-refractivity contribution is 6.13. The number of nitrogens with one attached hydrogen (secondary N) is 1. The summed E-state index contributed by atoms with van der Waals surface area (Å²) >= 11 is 0. The molecule has 3 heterocycles. The monoisotopic (exact) mass is 515 g/mol.